The number of hydrogen-bond donors (Lipinski definition) is 0. The fourth-order valence-electron chi connectivity index (χ4n) is 2.74. The van der Waals surface area contributed by atoms with Gasteiger partial charge in [0.25, 0.3) is 0 Å². The Morgan fingerprint density at radius 2 is 2.17 bits per heavy atom. The lowest BCUT2D eigenvalue weighted by molar-refractivity contribution is -0.0750. The van der Waals surface area contributed by atoms with Crippen molar-refractivity contribution in [2.75, 3.05) is 18.0 Å². The molecule has 1 aliphatic heterocycles. The second-order valence-electron chi connectivity index (χ2n) is 5.73. The number of aldehydes is 1. The number of benzene rings is 1. The average Bonchev–Trinajstić information content (AvgIpc) is 2.25. The molecule has 0 radical (unpaired) electrons. The van der Waals surface area contributed by atoms with E-state index >= 15 is 0 Å². The number of hydrogen-bond acceptors (Lipinski definition) is 3. The van der Waals surface area contributed by atoms with Crippen LogP contribution in [0.4, 0.5) is 5.69 Å². The molecule has 0 aliphatic carbocycles. The first kappa shape index (κ1) is 13.1. The molecule has 0 bridgehead atoms. The van der Waals surface area contributed by atoms with E-state index in [0.29, 0.717) is 0 Å². The SMILES string of the molecule is Cc1cc(C=O)ccc1N1CC(C)OC(C)(C)C1. The van der Waals surface area contributed by atoms with Crippen molar-refractivity contribution < 1.29 is 9.53 Å². The Morgan fingerprint density at radius 1 is 1.44 bits per heavy atom. The zero-order valence-corrected chi connectivity index (χ0v) is 11.6. The lowest BCUT2D eigenvalue weighted by Gasteiger charge is -2.43. The first-order valence-electron chi connectivity index (χ1n) is 6.40. The Bertz CT molecular complexity index is 454. The van der Waals surface area contributed by atoms with Crippen molar-refractivity contribution in [3.05, 3.63) is 29.3 Å². The number of anilines is 1. The second kappa shape index (κ2) is 4.73. The van der Waals surface area contributed by atoms with Gasteiger partial charge in [0.1, 0.15) is 6.29 Å². The molecule has 2 rings (SSSR count). The number of morpholine rings is 1. The van der Waals surface area contributed by atoms with Crippen molar-refractivity contribution in [1.82, 2.24) is 0 Å². The highest BCUT2D eigenvalue weighted by molar-refractivity contribution is 5.77. The Balaban J connectivity index is 2.28. The van der Waals surface area contributed by atoms with E-state index < -0.39 is 0 Å². The van der Waals surface area contributed by atoms with Crippen LogP contribution in [0.15, 0.2) is 18.2 Å². The first-order chi connectivity index (χ1) is 8.41. The molecule has 1 atom stereocenters. The molecular formula is C15H21NO2. The smallest absolute Gasteiger partial charge is 0.150 e. The van der Waals surface area contributed by atoms with E-state index in [1.165, 1.54) is 5.69 Å². The van der Waals surface area contributed by atoms with Crippen LogP contribution in [0, 0.1) is 6.92 Å². The highest BCUT2D eigenvalue weighted by Gasteiger charge is 2.31. The summed E-state index contributed by atoms with van der Waals surface area (Å²) < 4.78 is 5.91. The predicted molar refractivity (Wildman–Crippen MR) is 73.4 cm³/mol. The first-order valence-corrected chi connectivity index (χ1v) is 6.40. The molecule has 1 saturated heterocycles. The Kier molecular flexibility index (Phi) is 3.44. The molecule has 1 heterocycles. The van der Waals surface area contributed by atoms with Gasteiger partial charge in [-0.05, 0) is 51.5 Å². The highest BCUT2D eigenvalue weighted by Crippen LogP contribution is 2.28. The molecule has 0 aromatic heterocycles. The van der Waals surface area contributed by atoms with E-state index in [9.17, 15) is 4.79 Å². The summed E-state index contributed by atoms with van der Waals surface area (Å²) in [6.07, 6.45) is 1.11. The van der Waals surface area contributed by atoms with Gasteiger partial charge in [-0.3, -0.25) is 4.79 Å². The molecule has 0 N–H and O–H groups in total. The van der Waals surface area contributed by atoms with Crippen molar-refractivity contribution in [3.8, 4) is 0 Å². The van der Waals surface area contributed by atoms with Crippen LogP contribution >= 0.6 is 0 Å². The van der Waals surface area contributed by atoms with Gasteiger partial charge in [-0.2, -0.15) is 0 Å². The van der Waals surface area contributed by atoms with E-state index in [2.05, 4.69) is 32.6 Å². The minimum Gasteiger partial charge on any atom is -0.369 e. The molecule has 98 valence electrons. The summed E-state index contributed by atoms with van der Waals surface area (Å²) in [5.41, 5.74) is 2.94. The Labute approximate surface area is 109 Å². The zero-order chi connectivity index (χ0) is 13.3. The van der Waals surface area contributed by atoms with E-state index in [-0.39, 0.29) is 11.7 Å². The van der Waals surface area contributed by atoms with Crippen LogP contribution in [-0.4, -0.2) is 31.1 Å². The number of carbonyl (C=O) groups is 1. The minimum atomic E-state index is -0.132. The summed E-state index contributed by atoms with van der Waals surface area (Å²) in [7, 11) is 0. The number of nitrogens with zero attached hydrogens (tertiary/aromatic N) is 1. The topological polar surface area (TPSA) is 29.5 Å². The number of carbonyl (C=O) groups excluding carboxylic acids is 1. The van der Waals surface area contributed by atoms with Crippen LogP contribution in [-0.2, 0) is 4.74 Å². The molecule has 18 heavy (non-hydrogen) atoms. The third kappa shape index (κ3) is 2.72. The number of ether oxygens (including phenoxy) is 1. The molecule has 3 heteroatoms. The fourth-order valence-corrected chi connectivity index (χ4v) is 2.74. The second-order valence-corrected chi connectivity index (χ2v) is 5.73. The maximum atomic E-state index is 10.8. The molecule has 3 nitrogen and oxygen atoms in total. The zero-order valence-electron chi connectivity index (χ0n) is 11.6. The van der Waals surface area contributed by atoms with Crippen LogP contribution in [0.2, 0.25) is 0 Å². The molecule has 1 aromatic rings. The van der Waals surface area contributed by atoms with E-state index in [4.69, 9.17) is 4.74 Å². The summed E-state index contributed by atoms with van der Waals surface area (Å²) >= 11 is 0. The van der Waals surface area contributed by atoms with Crippen LogP contribution in [0.1, 0.15) is 36.7 Å². The third-order valence-corrected chi connectivity index (χ3v) is 3.27. The van der Waals surface area contributed by atoms with Gasteiger partial charge in [0.05, 0.1) is 11.7 Å². The minimum absolute atomic E-state index is 0.132. The van der Waals surface area contributed by atoms with E-state index in [1.807, 2.05) is 18.2 Å². The van der Waals surface area contributed by atoms with E-state index in [0.717, 1.165) is 30.5 Å². The highest BCUT2D eigenvalue weighted by atomic mass is 16.5. The van der Waals surface area contributed by atoms with Gasteiger partial charge in [0, 0.05) is 24.3 Å². The Hall–Kier alpha value is -1.35. The van der Waals surface area contributed by atoms with Gasteiger partial charge < -0.3 is 9.64 Å². The van der Waals surface area contributed by atoms with Crippen LogP contribution in [0.25, 0.3) is 0 Å². The van der Waals surface area contributed by atoms with Crippen molar-refractivity contribution in [2.45, 2.75) is 39.4 Å². The quantitative estimate of drug-likeness (QED) is 0.753. The van der Waals surface area contributed by atoms with Gasteiger partial charge in [0.15, 0.2) is 0 Å². The van der Waals surface area contributed by atoms with Crippen molar-refractivity contribution >= 4 is 12.0 Å². The lowest BCUT2D eigenvalue weighted by atomic mass is 10.0. The van der Waals surface area contributed by atoms with Gasteiger partial charge >= 0.3 is 0 Å². The molecule has 0 saturated carbocycles. The standard InChI is InChI=1S/C15H21NO2/c1-11-7-13(9-17)5-6-14(11)16-8-12(2)18-15(3,4)10-16/h5-7,9,12H,8,10H2,1-4H3. The van der Waals surface area contributed by atoms with Crippen LogP contribution < -0.4 is 4.90 Å². The third-order valence-electron chi connectivity index (χ3n) is 3.27. The normalized spacial score (nSPS) is 22.9. The summed E-state index contributed by atoms with van der Waals surface area (Å²) in [6, 6.07) is 5.85. The fraction of sp³-hybridized carbons (Fsp3) is 0.533. The molecule has 0 amide bonds. The molecule has 1 fully saturated rings. The summed E-state index contributed by atoms with van der Waals surface area (Å²) in [5.74, 6) is 0. The Morgan fingerprint density at radius 3 is 2.72 bits per heavy atom. The largest absolute Gasteiger partial charge is 0.369 e. The molecule has 1 aliphatic rings. The van der Waals surface area contributed by atoms with Crippen molar-refractivity contribution in [3.63, 3.8) is 0 Å². The predicted octanol–water partition coefficient (Wildman–Crippen LogP) is 2.81. The molecule has 1 unspecified atom stereocenters. The number of aryl methyl sites for hydroxylation is 1. The van der Waals surface area contributed by atoms with Crippen LogP contribution in [0.3, 0.4) is 0 Å². The molecule has 1 aromatic carbocycles. The molecular weight excluding hydrogens is 226 g/mol. The monoisotopic (exact) mass is 247 g/mol. The van der Waals surface area contributed by atoms with E-state index in [1.54, 1.807) is 0 Å². The summed E-state index contributed by atoms with van der Waals surface area (Å²) in [5, 5.41) is 0. The van der Waals surface area contributed by atoms with Gasteiger partial charge in [0.2, 0.25) is 0 Å². The lowest BCUT2D eigenvalue weighted by Crippen LogP contribution is -2.52. The summed E-state index contributed by atoms with van der Waals surface area (Å²) in [4.78, 5) is 13.1. The average molecular weight is 247 g/mol. The van der Waals surface area contributed by atoms with Crippen molar-refractivity contribution in [2.24, 2.45) is 0 Å². The number of rotatable bonds is 2. The van der Waals surface area contributed by atoms with Gasteiger partial charge in [-0.1, -0.05) is 0 Å². The van der Waals surface area contributed by atoms with Crippen LogP contribution in [0.5, 0.6) is 0 Å². The molecule has 0 spiro atoms. The van der Waals surface area contributed by atoms with Crippen molar-refractivity contribution in [1.29, 1.82) is 0 Å². The maximum absolute atomic E-state index is 10.8. The summed E-state index contributed by atoms with van der Waals surface area (Å²) in [6.45, 7) is 10.2. The van der Waals surface area contributed by atoms with Gasteiger partial charge in [-0.15, -0.1) is 0 Å². The van der Waals surface area contributed by atoms with Gasteiger partial charge in [-0.25, -0.2) is 0 Å². The maximum Gasteiger partial charge on any atom is 0.150 e.